The normalized spacial score (nSPS) is 16.2. The topological polar surface area (TPSA) is 65.8 Å². The molecule has 0 amide bonds. The van der Waals surface area contributed by atoms with Crippen LogP contribution in [0.1, 0.15) is 38.1 Å². The van der Waals surface area contributed by atoms with Gasteiger partial charge in [-0.05, 0) is 45.5 Å². The zero-order valence-electron chi connectivity index (χ0n) is 16.0. The largest absolute Gasteiger partial charge is 0.477 e. The van der Waals surface area contributed by atoms with E-state index in [0.717, 1.165) is 43.9 Å². The molecule has 26 heavy (non-hydrogen) atoms. The highest BCUT2D eigenvalue weighted by atomic mass is 16.4. The van der Waals surface area contributed by atoms with Crippen LogP contribution in [0.2, 0.25) is 0 Å². The summed E-state index contributed by atoms with van der Waals surface area (Å²) in [7, 11) is 0. The number of carboxylic acid groups (broad SMARTS) is 1. The molecule has 3 rings (SSSR count). The Balaban J connectivity index is 2.13. The highest BCUT2D eigenvalue weighted by Gasteiger charge is 2.22. The van der Waals surface area contributed by atoms with Crippen LogP contribution >= 0.6 is 0 Å². The minimum absolute atomic E-state index is 0.184. The highest BCUT2D eigenvalue weighted by Crippen LogP contribution is 2.26. The maximum atomic E-state index is 12.6. The SMILES string of the molecule is CCN1CCN(c2ccc3c(=O)c(C(=O)O)cn(C(C)(C)C)c3c2)CC1. The third-order valence-electron chi connectivity index (χ3n) is 5.13. The molecule has 0 bridgehead atoms. The van der Waals surface area contributed by atoms with Gasteiger partial charge in [0.2, 0.25) is 5.43 Å². The molecule has 6 nitrogen and oxygen atoms in total. The van der Waals surface area contributed by atoms with E-state index in [9.17, 15) is 14.7 Å². The van der Waals surface area contributed by atoms with Gasteiger partial charge in [0.05, 0.1) is 5.52 Å². The zero-order chi connectivity index (χ0) is 19.1. The van der Waals surface area contributed by atoms with Crippen LogP contribution in [0.5, 0.6) is 0 Å². The Morgan fingerprint density at radius 3 is 2.35 bits per heavy atom. The van der Waals surface area contributed by atoms with Gasteiger partial charge in [0.25, 0.3) is 0 Å². The van der Waals surface area contributed by atoms with Crippen molar-refractivity contribution in [3.05, 3.63) is 40.2 Å². The number of hydrogen-bond donors (Lipinski definition) is 1. The molecular formula is C20H27N3O3. The highest BCUT2D eigenvalue weighted by molar-refractivity contribution is 5.93. The number of aromatic carboxylic acids is 1. The van der Waals surface area contributed by atoms with Gasteiger partial charge in [-0.3, -0.25) is 4.79 Å². The molecule has 0 spiro atoms. The first-order valence-electron chi connectivity index (χ1n) is 9.13. The van der Waals surface area contributed by atoms with Crippen molar-refractivity contribution in [2.45, 2.75) is 33.2 Å². The Bertz CT molecular complexity index is 888. The summed E-state index contributed by atoms with van der Waals surface area (Å²) in [6.07, 6.45) is 1.48. The summed E-state index contributed by atoms with van der Waals surface area (Å²) in [6, 6.07) is 5.73. The van der Waals surface area contributed by atoms with Crippen LogP contribution in [-0.4, -0.2) is 53.3 Å². The van der Waals surface area contributed by atoms with Gasteiger partial charge in [0, 0.05) is 49.0 Å². The molecule has 6 heteroatoms. The monoisotopic (exact) mass is 357 g/mol. The second-order valence-corrected chi connectivity index (χ2v) is 7.84. The van der Waals surface area contributed by atoms with E-state index in [1.165, 1.54) is 6.20 Å². The van der Waals surface area contributed by atoms with E-state index in [4.69, 9.17) is 0 Å². The maximum Gasteiger partial charge on any atom is 0.341 e. The molecule has 2 heterocycles. The molecule has 1 N–H and O–H groups in total. The van der Waals surface area contributed by atoms with Crippen molar-refractivity contribution in [1.82, 2.24) is 9.47 Å². The molecule has 1 saturated heterocycles. The van der Waals surface area contributed by atoms with E-state index < -0.39 is 11.4 Å². The van der Waals surface area contributed by atoms with E-state index in [2.05, 4.69) is 16.7 Å². The summed E-state index contributed by atoms with van der Waals surface area (Å²) >= 11 is 0. The molecule has 2 aromatic rings. The molecule has 140 valence electrons. The smallest absolute Gasteiger partial charge is 0.341 e. The third kappa shape index (κ3) is 3.33. The number of carbonyl (C=O) groups is 1. The summed E-state index contributed by atoms with van der Waals surface area (Å²) < 4.78 is 1.90. The number of pyridine rings is 1. The Labute approximate surface area is 153 Å². The lowest BCUT2D eigenvalue weighted by atomic mass is 10.0. The molecule has 1 aliphatic heterocycles. The second-order valence-electron chi connectivity index (χ2n) is 7.84. The van der Waals surface area contributed by atoms with Gasteiger partial charge >= 0.3 is 5.97 Å². The fourth-order valence-corrected chi connectivity index (χ4v) is 3.54. The van der Waals surface area contributed by atoms with Crippen LogP contribution in [0, 0.1) is 0 Å². The first-order valence-corrected chi connectivity index (χ1v) is 9.13. The number of fused-ring (bicyclic) bond motifs is 1. The van der Waals surface area contributed by atoms with E-state index >= 15 is 0 Å². The molecule has 0 aliphatic carbocycles. The molecule has 1 aromatic carbocycles. The fraction of sp³-hybridized carbons (Fsp3) is 0.500. The molecule has 0 unspecified atom stereocenters. The molecule has 0 saturated carbocycles. The van der Waals surface area contributed by atoms with Gasteiger partial charge in [0.15, 0.2) is 0 Å². The van der Waals surface area contributed by atoms with Crippen molar-refractivity contribution in [3.63, 3.8) is 0 Å². The predicted molar refractivity (Wildman–Crippen MR) is 104 cm³/mol. The van der Waals surface area contributed by atoms with Gasteiger partial charge in [-0.15, -0.1) is 0 Å². The Morgan fingerprint density at radius 2 is 1.81 bits per heavy atom. The van der Waals surface area contributed by atoms with Crippen molar-refractivity contribution in [2.24, 2.45) is 0 Å². The van der Waals surface area contributed by atoms with Crippen LogP contribution in [0.15, 0.2) is 29.2 Å². The fourth-order valence-electron chi connectivity index (χ4n) is 3.54. The number of piperazine rings is 1. The van der Waals surface area contributed by atoms with E-state index in [-0.39, 0.29) is 11.1 Å². The lowest BCUT2D eigenvalue weighted by Gasteiger charge is -2.36. The third-order valence-corrected chi connectivity index (χ3v) is 5.13. The number of aromatic nitrogens is 1. The Morgan fingerprint density at radius 1 is 1.15 bits per heavy atom. The summed E-state index contributed by atoms with van der Waals surface area (Å²) in [6.45, 7) is 13.2. The molecular weight excluding hydrogens is 330 g/mol. The first-order chi connectivity index (χ1) is 12.2. The zero-order valence-corrected chi connectivity index (χ0v) is 16.0. The van der Waals surface area contributed by atoms with Crippen molar-refractivity contribution < 1.29 is 9.90 Å². The van der Waals surface area contributed by atoms with Gasteiger partial charge in [-0.1, -0.05) is 6.92 Å². The van der Waals surface area contributed by atoms with E-state index in [1.807, 2.05) is 37.5 Å². The lowest BCUT2D eigenvalue weighted by Crippen LogP contribution is -2.46. The standard InChI is InChI=1S/C20H27N3O3/c1-5-21-8-10-22(11-9-21)14-6-7-15-17(12-14)23(20(2,3)4)13-16(18(15)24)19(25)26/h6-7,12-13H,5,8-11H2,1-4H3,(H,25,26). The lowest BCUT2D eigenvalue weighted by molar-refractivity contribution is 0.0694. The van der Waals surface area contributed by atoms with Crippen molar-refractivity contribution in [3.8, 4) is 0 Å². The average Bonchev–Trinajstić information content (AvgIpc) is 2.60. The van der Waals surface area contributed by atoms with Crippen LogP contribution in [-0.2, 0) is 5.54 Å². The number of carboxylic acids is 1. The summed E-state index contributed by atoms with van der Waals surface area (Å²) in [5.74, 6) is -1.19. The summed E-state index contributed by atoms with van der Waals surface area (Å²) in [5.41, 5.74) is 0.916. The number of hydrogen-bond acceptors (Lipinski definition) is 4. The van der Waals surface area contributed by atoms with Crippen LogP contribution < -0.4 is 10.3 Å². The van der Waals surface area contributed by atoms with E-state index in [1.54, 1.807) is 6.07 Å². The van der Waals surface area contributed by atoms with Gasteiger partial charge in [0.1, 0.15) is 5.56 Å². The van der Waals surface area contributed by atoms with Crippen molar-refractivity contribution in [2.75, 3.05) is 37.6 Å². The first kappa shape index (κ1) is 18.5. The number of nitrogens with zero attached hydrogens (tertiary/aromatic N) is 3. The molecule has 1 aliphatic rings. The second kappa shape index (κ2) is 6.76. The average molecular weight is 357 g/mol. The number of likely N-dealkylation sites (N-methyl/N-ethyl adjacent to an activating group) is 1. The molecule has 0 radical (unpaired) electrons. The Kier molecular flexibility index (Phi) is 4.80. The Hall–Kier alpha value is -2.34. The number of rotatable bonds is 3. The minimum Gasteiger partial charge on any atom is -0.477 e. The molecule has 1 aromatic heterocycles. The van der Waals surface area contributed by atoms with Crippen molar-refractivity contribution in [1.29, 1.82) is 0 Å². The predicted octanol–water partition coefficient (Wildman–Crippen LogP) is 2.60. The van der Waals surface area contributed by atoms with Crippen LogP contribution in [0.3, 0.4) is 0 Å². The van der Waals surface area contributed by atoms with Crippen LogP contribution in [0.25, 0.3) is 10.9 Å². The molecule has 0 atom stereocenters. The number of anilines is 1. The summed E-state index contributed by atoms with van der Waals surface area (Å²) in [5, 5.41) is 9.85. The minimum atomic E-state index is -1.19. The maximum absolute atomic E-state index is 12.6. The van der Waals surface area contributed by atoms with Gasteiger partial charge in [-0.2, -0.15) is 0 Å². The van der Waals surface area contributed by atoms with Crippen LogP contribution in [0.4, 0.5) is 5.69 Å². The quantitative estimate of drug-likeness (QED) is 0.915. The summed E-state index contributed by atoms with van der Waals surface area (Å²) in [4.78, 5) is 28.8. The number of benzene rings is 1. The van der Waals surface area contributed by atoms with E-state index in [0.29, 0.717) is 5.39 Å². The molecule has 1 fully saturated rings. The van der Waals surface area contributed by atoms with Crippen molar-refractivity contribution >= 4 is 22.6 Å². The van der Waals surface area contributed by atoms with Gasteiger partial charge in [-0.25, -0.2) is 4.79 Å². The van der Waals surface area contributed by atoms with Gasteiger partial charge < -0.3 is 19.5 Å².